The molecule has 2 heterocycles. The standard InChI is InChI=1S/C20H18FN3O/c21-18-7-5-15(6-8-18)20(25)24-12-17-4-2-1-3-16(17)11-19(24)13-23-10-9-22-14-23/h1-10,14,19H,11-13H2. The molecule has 2 aromatic carbocycles. The molecule has 1 unspecified atom stereocenters. The Labute approximate surface area is 145 Å². The maximum atomic E-state index is 13.2. The van der Waals surface area contributed by atoms with Crippen molar-refractivity contribution in [1.82, 2.24) is 14.5 Å². The van der Waals surface area contributed by atoms with Gasteiger partial charge in [-0.2, -0.15) is 0 Å². The van der Waals surface area contributed by atoms with Crippen LogP contribution >= 0.6 is 0 Å². The summed E-state index contributed by atoms with van der Waals surface area (Å²) in [5, 5.41) is 0. The van der Waals surface area contributed by atoms with Crippen LogP contribution in [0.5, 0.6) is 0 Å². The van der Waals surface area contributed by atoms with E-state index in [2.05, 4.69) is 17.1 Å². The lowest BCUT2D eigenvalue weighted by molar-refractivity contribution is 0.0618. The number of nitrogens with zero attached hydrogens (tertiary/aromatic N) is 3. The predicted octanol–water partition coefficient (Wildman–Crippen LogP) is 3.29. The number of imidazole rings is 1. The molecule has 126 valence electrons. The van der Waals surface area contributed by atoms with Gasteiger partial charge in [-0.05, 0) is 41.8 Å². The van der Waals surface area contributed by atoms with E-state index < -0.39 is 0 Å². The lowest BCUT2D eigenvalue weighted by Gasteiger charge is -2.37. The van der Waals surface area contributed by atoms with Crippen LogP contribution in [0, 0.1) is 5.82 Å². The van der Waals surface area contributed by atoms with E-state index in [1.54, 1.807) is 24.7 Å². The van der Waals surface area contributed by atoms with E-state index in [1.807, 2.05) is 27.8 Å². The van der Waals surface area contributed by atoms with E-state index in [9.17, 15) is 9.18 Å². The summed E-state index contributed by atoms with van der Waals surface area (Å²) < 4.78 is 15.2. The molecule has 4 rings (SSSR count). The summed E-state index contributed by atoms with van der Waals surface area (Å²) in [6, 6.07) is 14.0. The van der Waals surface area contributed by atoms with Crippen LogP contribution in [0.25, 0.3) is 0 Å². The maximum Gasteiger partial charge on any atom is 0.254 e. The Balaban J connectivity index is 1.66. The highest BCUT2D eigenvalue weighted by Crippen LogP contribution is 2.26. The number of aromatic nitrogens is 2. The zero-order valence-electron chi connectivity index (χ0n) is 13.7. The van der Waals surface area contributed by atoms with Crippen molar-refractivity contribution in [2.75, 3.05) is 0 Å². The summed E-state index contributed by atoms with van der Waals surface area (Å²) in [7, 11) is 0. The Morgan fingerprint density at radius 3 is 2.60 bits per heavy atom. The molecule has 0 aliphatic carbocycles. The zero-order chi connectivity index (χ0) is 17.2. The van der Waals surface area contributed by atoms with Crippen molar-refractivity contribution in [3.05, 3.63) is 89.8 Å². The van der Waals surface area contributed by atoms with Crippen LogP contribution in [0.4, 0.5) is 4.39 Å². The molecular weight excluding hydrogens is 317 g/mol. The van der Waals surface area contributed by atoms with Crippen molar-refractivity contribution >= 4 is 5.91 Å². The molecule has 0 spiro atoms. The van der Waals surface area contributed by atoms with Gasteiger partial charge in [0.15, 0.2) is 0 Å². The first-order valence-electron chi connectivity index (χ1n) is 8.30. The minimum atomic E-state index is -0.337. The lowest BCUT2D eigenvalue weighted by Crippen LogP contribution is -2.46. The minimum absolute atomic E-state index is 0.0293. The van der Waals surface area contributed by atoms with Crippen LogP contribution in [0.3, 0.4) is 0 Å². The van der Waals surface area contributed by atoms with E-state index in [-0.39, 0.29) is 17.8 Å². The van der Waals surface area contributed by atoms with Crippen LogP contribution in [0.15, 0.2) is 67.3 Å². The monoisotopic (exact) mass is 335 g/mol. The zero-order valence-corrected chi connectivity index (χ0v) is 13.7. The van der Waals surface area contributed by atoms with E-state index in [0.29, 0.717) is 18.7 Å². The van der Waals surface area contributed by atoms with Crippen LogP contribution in [0.1, 0.15) is 21.5 Å². The fourth-order valence-electron chi connectivity index (χ4n) is 3.38. The summed E-state index contributed by atoms with van der Waals surface area (Å²) in [5.74, 6) is -0.407. The normalized spacial score (nSPS) is 16.5. The molecule has 0 fully saturated rings. The van der Waals surface area contributed by atoms with Gasteiger partial charge in [0.2, 0.25) is 0 Å². The largest absolute Gasteiger partial charge is 0.335 e. The third kappa shape index (κ3) is 3.18. The van der Waals surface area contributed by atoms with Gasteiger partial charge in [-0.1, -0.05) is 24.3 Å². The quantitative estimate of drug-likeness (QED) is 0.737. The van der Waals surface area contributed by atoms with Crippen molar-refractivity contribution in [2.24, 2.45) is 0 Å². The van der Waals surface area contributed by atoms with Crippen molar-refractivity contribution in [3.8, 4) is 0 Å². The summed E-state index contributed by atoms with van der Waals surface area (Å²) in [4.78, 5) is 19.0. The number of hydrogen-bond donors (Lipinski definition) is 0. The summed E-state index contributed by atoms with van der Waals surface area (Å²) >= 11 is 0. The van der Waals surface area contributed by atoms with Crippen molar-refractivity contribution in [2.45, 2.75) is 25.6 Å². The number of benzene rings is 2. The molecule has 0 radical (unpaired) electrons. The molecule has 0 saturated carbocycles. The molecule has 1 aliphatic rings. The number of rotatable bonds is 3. The summed E-state index contributed by atoms with van der Waals surface area (Å²) in [6.07, 6.45) is 6.20. The molecule has 5 heteroatoms. The summed E-state index contributed by atoms with van der Waals surface area (Å²) in [6.45, 7) is 1.24. The highest BCUT2D eigenvalue weighted by Gasteiger charge is 2.30. The number of hydrogen-bond acceptors (Lipinski definition) is 2. The van der Waals surface area contributed by atoms with E-state index >= 15 is 0 Å². The van der Waals surface area contributed by atoms with Gasteiger partial charge >= 0.3 is 0 Å². The third-order valence-electron chi connectivity index (χ3n) is 4.69. The predicted molar refractivity (Wildman–Crippen MR) is 92.4 cm³/mol. The van der Waals surface area contributed by atoms with Gasteiger partial charge in [-0.15, -0.1) is 0 Å². The average Bonchev–Trinajstić information content (AvgIpc) is 3.14. The number of carbonyl (C=O) groups excluding carboxylic acids is 1. The Morgan fingerprint density at radius 2 is 1.88 bits per heavy atom. The van der Waals surface area contributed by atoms with Crippen LogP contribution < -0.4 is 0 Å². The van der Waals surface area contributed by atoms with Gasteiger partial charge in [0.05, 0.1) is 12.4 Å². The van der Waals surface area contributed by atoms with Crippen LogP contribution in [-0.2, 0) is 19.5 Å². The molecular formula is C20H18FN3O. The lowest BCUT2D eigenvalue weighted by atomic mass is 9.93. The fourth-order valence-corrected chi connectivity index (χ4v) is 3.38. The fraction of sp³-hybridized carbons (Fsp3) is 0.200. The highest BCUT2D eigenvalue weighted by molar-refractivity contribution is 5.94. The molecule has 25 heavy (non-hydrogen) atoms. The van der Waals surface area contributed by atoms with Gasteiger partial charge in [0, 0.05) is 31.0 Å². The Bertz CT molecular complexity index is 874. The first-order chi connectivity index (χ1) is 12.2. The topological polar surface area (TPSA) is 38.1 Å². The second-order valence-corrected chi connectivity index (χ2v) is 6.33. The Morgan fingerprint density at radius 1 is 1.12 bits per heavy atom. The van der Waals surface area contributed by atoms with Gasteiger partial charge in [0.25, 0.3) is 5.91 Å². The van der Waals surface area contributed by atoms with E-state index in [0.717, 1.165) is 6.42 Å². The smallest absolute Gasteiger partial charge is 0.254 e. The number of amides is 1. The second-order valence-electron chi connectivity index (χ2n) is 6.33. The number of fused-ring (bicyclic) bond motifs is 1. The second kappa shape index (κ2) is 6.51. The molecule has 4 nitrogen and oxygen atoms in total. The summed E-state index contributed by atoms with van der Waals surface area (Å²) in [5.41, 5.74) is 2.95. The molecule has 3 aromatic rings. The van der Waals surface area contributed by atoms with E-state index in [4.69, 9.17) is 0 Å². The molecule has 0 N–H and O–H groups in total. The first-order valence-corrected chi connectivity index (χ1v) is 8.30. The highest BCUT2D eigenvalue weighted by atomic mass is 19.1. The molecule has 0 bridgehead atoms. The number of carbonyl (C=O) groups is 1. The van der Waals surface area contributed by atoms with Gasteiger partial charge < -0.3 is 9.47 Å². The average molecular weight is 335 g/mol. The Kier molecular flexibility index (Phi) is 4.06. The molecule has 1 aromatic heterocycles. The SMILES string of the molecule is O=C(c1ccc(F)cc1)N1Cc2ccccc2CC1Cn1ccnc1. The van der Waals surface area contributed by atoms with Crippen LogP contribution in [0.2, 0.25) is 0 Å². The van der Waals surface area contributed by atoms with Gasteiger partial charge in [-0.25, -0.2) is 9.37 Å². The van der Waals surface area contributed by atoms with Gasteiger partial charge in [-0.3, -0.25) is 4.79 Å². The minimum Gasteiger partial charge on any atom is -0.335 e. The molecule has 0 saturated heterocycles. The third-order valence-corrected chi connectivity index (χ3v) is 4.69. The molecule has 1 atom stereocenters. The number of halogens is 1. The maximum absolute atomic E-state index is 13.2. The first kappa shape index (κ1) is 15.6. The van der Waals surface area contributed by atoms with Crippen molar-refractivity contribution in [3.63, 3.8) is 0 Å². The van der Waals surface area contributed by atoms with E-state index in [1.165, 1.54) is 23.3 Å². The molecule has 1 amide bonds. The van der Waals surface area contributed by atoms with Crippen molar-refractivity contribution < 1.29 is 9.18 Å². The van der Waals surface area contributed by atoms with Crippen LogP contribution in [-0.4, -0.2) is 26.4 Å². The Hall–Kier alpha value is -2.95. The van der Waals surface area contributed by atoms with Crippen molar-refractivity contribution in [1.29, 1.82) is 0 Å². The van der Waals surface area contributed by atoms with Gasteiger partial charge in [0.1, 0.15) is 5.82 Å². The molecule has 1 aliphatic heterocycles.